The average Bonchev–Trinajstić information content (AvgIpc) is 2.97. The maximum absolute atomic E-state index is 12.2. The number of methoxy groups -OCH3 is 1. The molecule has 0 unspecified atom stereocenters. The normalized spacial score (nSPS) is 10.2. The number of amides is 1. The van der Waals surface area contributed by atoms with Crippen molar-refractivity contribution in [1.29, 1.82) is 0 Å². The molecule has 1 amide bonds. The van der Waals surface area contributed by atoms with Gasteiger partial charge in [-0.05, 0) is 30.3 Å². The number of hydrogen-bond acceptors (Lipinski definition) is 3. The van der Waals surface area contributed by atoms with Crippen LogP contribution in [0.2, 0.25) is 0 Å². The Morgan fingerprint density at radius 3 is 2.68 bits per heavy atom. The molecule has 5 heteroatoms. The minimum atomic E-state index is -0.00481. The number of ether oxygens (including phenoxy) is 1. The highest BCUT2D eigenvalue weighted by Gasteiger charge is 2.11. The summed E-state index contributed by atoms with van der Waals surface area (Å²) in [5.74, 6) is 0.741. The average molecular weight is 259 g/mol. The van der Waals surface area contributed by atoms with Crippen molar-refractivity contribution in [3.8, 4) is 5.75 Å². The van der Waals surface area contributed by atoms with Crippen LogP contribution >= 0.6 is 0 Å². The highest BCUT2D eigenvalue weighted by Crippen LogP contribution is 2.12. The summed E-state index contributed by atoms with van der Waals surface area (Å²) in [7, 11) is 3.39. The minimum Gasteiger partial charge on any atom is -0.497 e. The number of nitrogens with zero attached hydrogens (tertiary/aromatic N) is 3. The highest BCUT2D eigenvalue weighted by molar-refractivity contribution is 5.94. The van der Waals surface area contributed by atoms with E-state index in [-0.39, 0.29) is 5.91 Å². The molecule has 19 heavy (non-hydrogen) atoms. The second kappa shape index (κ2) is 6.04. The summed E-state index contributed by atoms with van der Waals surface area (Å²) < 4.78 is 6.87. The van der Waals surface area contributed by atoms with Gasteiger partial charge in [0.1, 0.15) is 5.75 Å². The van der Waals surface area contributed by atoms with Gasteiger partial charge >= 0.3 is 0 Å². The fourth-order valence-electron chi connectivity index (χ4n) is 1.74. The zero-order valence-corrected chi connectivity index (χ0v) is 11.1. The topological polar surface area (TPSA) is 47.4 Å². The molecular weight excluding hydrogens is 242 g/mol. The Kier molecular flexibility index (Phi) is 4.18. The molecule has 0 aliphatic heterocycles. The Labute approximate surface area is 112 Å². The largest absolute Gasteiger partial charge is 0.497 e. The third kappa shape index (κ3) is 3.34. The number of carbonyl (C=O) groups is 1. The monoisotopic (exact) mass is 259 g/mol. The molecule has 0 saturated heterocycles. The van der Waals surface area contributed by atoms with Gasteiger partial charge in [-0.1, -0.05) is 0 Å². The second-order valence-electron chi connectivity index (χ2n) is 4.22. The molecule has 0 bridgehead atoms. The number of likely N-dealkylation sites (N-methyl/N-ethyl adjacent to an activating group) is 1. The number of hydrogen-bond donors (Lipinski definition) is 0. The molecule has 2 rings (SSSR count). The van der Waals surface area contributed by atoms with Gasteiger partial charge in [0.2, 0.25) is 0 Å². The fourth-order valence-corrected chi connectivity index (χ4v) is 1.74. The molecule has 0 radical (unpaired) electrons. The zero-order chi connectivity index (χ0) is 13.7. The van der Waals surface area contributed by atoms with Crippen molar-refractivity contribution in [2.24, 2.45) is 0 Å². The molecule has 0 aliphatic rings. The summed E-state index contributed by atoms with van der Waals surface area (Å²) >= 11 is 0. The summed E-state index contributed by atoms with van der Waals surface area (Å²) in [5, 5.41) is 4.11. The molecule has 1 aromatic carbocycles. The van der Waals surface area contributed by atoms with Gasteiger partial charge in [-0.25, -0.2) is 0 Å². The van der Waals surface area contributed by atoms with Crippen LogP contribution in [0.4, 0.5) is 0 Å². The third-order valence-electron chi connectivity index (χ3n) is 2.91. The molecule has 0 spiro atoms. The van der Waals surface area contributed by atoms with Gasteiger partial charge < -0.3 is 9.64 Å². The van der Waals surface area contributed by atoms with Crippen molar-refractivity contribution in [2.45, 2.75) is 6.54 Å². The molecule has 1 heterocycles. The van der Waals surface area contributed by atoms with E-state index in [4.69, 9.17) is 4.74 Å². The van der Waals surface area contributed by atoms with Crippen LogP contribution in [0.3, 0.4) is 0 Å². The van der Waals surface area contributed by atoms with Crippen LogP contribution < -0.4 is 4.74 Å². The van der Waals surface area contributed by atoms with Gasteiger partial charge in [0, 0.05) is 31.5 Å². The van der Waals surface area contributed by atoms with Crippen molar-refractivity contribution in [1.82, 2.24) is 14.7 Å². The molecule has 0 saturated carbocycles. The predicted octanol–water partition coefficient (Wildman–Crippen LogP) is 1.66. The number of rotatable bonds is 5. The van der Waals surface area contributed by atoms with Crippen LogP contribution in [-0.4, -0.2) is 41.3 Å². The maximum atomic E-state index is 12.2. The van der Waals surface area contributed by atoms with E-state index in [0.29, 0.717) is 18.7 Å². The standard InChI is InChI=1S/C14H17N3O2/c1-16(10-11-17-9-3-8-15-17)14(18)12-4-6-13(19-2)7-5-12/h3-9H,10-11H2,1-2H3. The first-order valence-corrected chi connectivity index (χ1v) is 6.07. The van der Waals surface area contributed by atoms with Crippen LogP contribution in [0.5, 0.6) is 5.75 Å². The summed E-state index contributed by atoms with van der Waals surface area (Å²) in [6.07, 6.45) is 3.61. The number of carbonyl (C=O) groups excluding carboxylic acids is 1. The molecule has 2 aromatic rings. The van der Waals surface area contributed by atoms with Crippen molar-refractivity contribution < 1.29 is 9.53 Å². The van der Waals surface area contributed by atoms with E-state index < -0.39 is 0 Å². The summed E-state index contributed by atoms with van der Waals surface area (Å²) in [6, 6.07) is 8.98. The Balaban J connectivity index is 1.94. The minimum absolute atomic E-state index is 0.00481. The predicted molar refractivity (Wildman–Crippen MR) is 72.2 cm³/mol. The van der Waals surface area contributed by atoms with Crippen LogP contribution in [0.15, 0.2) is 42.7 Å². The van der Waals surface area contributed by atoms with E-state index in [0.717, 1.165) is 5.75 Å². The van der Waals surface area contributed by atoms with Crippen LogP contribution in [-0.2, 0) is 6.54 Å². The SMILES string of the molecule is COc1ccc(C(=O)N(C)CCn2cccn2)cc1. The lowest BCUT2D eigenvalue weighted by Crippen LogP contribution is -2.30. The van der Waals surface area contributed by atoms with Crippen LogP contribution in [0.25, 0.3) is 0 Å². The molecule has 0 aliphatic carbocycles. The molecule has 5 nitrogen and oxygen atoms in total. The van der Waals surface area contributed by atoms with Gasteiger partial charge in [-0.2, -0.15) is 5.10 Å². The molecule has 100 valence electrons. The van der Waals surface area contributed by atoms with E-state index in [9.17, 15) is 4.79 Å². The smallest absolute Gasteiger partial charge is 0.253 e. The van der Waals surface area contributed by atoms with Crippen molar-refractivity contribution in [3.05, 3.63) is 48.3 Å². The first-order chi connectivity index (χ1) is 9.20. The lowest BCUT2D eigenvalue weighted by molar-refractivity contribution is 0.0789. The van der Waals surface area contributed by atoms with E-state index >= 15 is 0 Å². The molecule has 0 fully saturated rings. The Morgan fingerprint density at radius 1 is 1.37 bits per heavy atom. The van der Waals surface area contributed by atoms with Gasteiger partial charge in [0.25, 0.3) is 5.91 Å². The molecular formula is C14H17N3O2. The summed E-state index contributed by atoms with van der Waals surface area (Å²) in [4.78, 5) is 13.8. The first kappa shape index (κ1) is 13.1. The van der Waals surface area contributed by atoms with E-state index in [1.54, 1.807) is 54.2 Å². The van der Waals surface area contributed by atoms with E-state index in [1.165, 1.54) is 0 Å². The maximum Gasteiger partial charge on any atom is 0.253 e. The summed E-state index contributed by atoms with van der Waals surface area (Å²) in [5.41, 5.74) is 0.656. The lowest BCUT2D eigenvalue weighted by atomic mass is 10.2. The third-order valence-corrected chi connectivity index (χ3v) is 2.91. The highest BCUT2D eigenvalue weighted by atomic mass is 16.5. The summed E-state index contributed by atoms with van der Waals surface area (Å²) in [6.45, 7) is 1.30. The first-order valence-electron chi connectivity index (χ1n) is 6.07. The Morgan fingerprint density at radius 2 is 2.11 bits per heavy atom. The van der Waals surface area contributed by atoms with Crippen molar-refractivity contribution in [3.63, 3.8) is 0 Å². The van der Waals surface area contributed by atoms with E-state index in [1.807, 2.05) is 12.3 Å². The van der Waals surface area contributed by atoms with Crippen LogP contribution in [0, 0.1) is 0 Å². The van der Waals surface area contributed by atoms with Gasteiger partial charge in [0.15, 0.2) is 0 Å². The number of aromatic nitrogens is 2. The van der Waals surface area contributed by atoms with Gasteiger partial charge in [-0.3, -0.25) is 9.48 Å². The quantitative estimate of drug-likeness (QED) is 0.820. The number of benzene rings is 1. The molecule has 0 atom stereocenters. The Bertz CT molecular complexity index is 520. The van der Waals surface area contributed by atoms with Gasteiger partial charge in [-0.15, -0.1) is 0 Å². The fraction of sp³-hybridized carbons (Fsp3) is 0.286. The molecule has 1 aromatic heterocycles. The lowest BCUT2D eigenvalue weighted by Gasteiger charge is -2.17. The van der Waals surface area contributed by atoms with Crippen LogP contribution in [0.1, 0.15) is 10.4 Å². The van der Waals surface area contributed by atoms with Gasteiger partial charge in [0.05, 0.1) is 13.7 Å². The molecule has 0 N–H and O–H groups in total. The zero-order valence-electron chi connectivity index (χ0n) is 11.1. The second-order valence-corrected chi connectivity index (χ2v) is 4.22. The van der Waals surface area contributed by atoms with E-state index in [2.05, 4.69) is 5.10 Å². The Hall–Kier alpha value is -2.30. The van der Waals surface area contributed by atoms with Crippen molar-refractivity contribution in [2.75, 3.05) is 20.7 Å². The van der Waals surface area contributed by atoms with Crippen molar-refractivity contribution >= 4 is 5.91 Å².